The fourth-order valence-electron chi connectivity index (χ4n) is 8.85. The number of carbonyl (C=O) groups excluding carboxylic acids is 9. The molecule has 82 heavy (non-hydrogen) atoms. The number of aryl methyl sites for hydroxylation is 2. The van der Waals surface area contributed by atoms with Crippen molar-refractivity contribution in [1.82, 2.24) is 47.5 Å². The molecule has 4 aromatic rings. The first-order valence-corrected chi connectivity index (χ1v) is 27.7. The Balaban J connectivity index is 1.66. The summed E-state index contributed by atoms with van der Waals surface area (Å²) in [5.41, 5.74) is 16.1. The lowest BCUT2D eigenvalue weighted by Gasteiger charge is -2.30. The van der Waals surface area contributed by atoms with Crippen LogP contribution in [0.4, 0.5) is 0 Å². The van der Waals surface area contributed by atoms with Crippen LogP contribution in [0.15, 0.2) is 103 Å². The van der Waals surface area contributed by atoms with Gasteiger partial charge in [-0.2, -0.15) is 0 Å². The van der Waals surface area contributed by atoms with Gasteiger partial charge in [-0.3, -0.25) is 52.9 Å². The summed E-state index contributed by atoms with van der Waals surface area (Å²) < 4.78 is 0. The van der Waals surface area contributed by atoms with Crippen LogP contribution in [0.3, 0.4) is 0 Å². The maximum Gasteiger partial charge on any atom is 0.305 e. The summed E-state index contributed by atoms with van der Waals surface area (Å²) in [6.07, 6.45) is 2.85. The molecule has 0 unspecified atom stereocenters. The van der Waals surface area contributed by atoms with E-state index < -0.39 is 120 Å². The van der Waals surface area contributed by atoms with E-state index in [-0.39, 0.29) is 44.4 Å². The average Bonchev–Trinajstić information content (AvgIpc) is 3.48. The van der Waals surface area contributed by atoms with Crippen molar-refractivity contribution in [2.75, 3.05) is 13.1 Å². The maximum absolute atomic E-state index is 14.7. The van der Waals surface area contributed by atoms with Gasteiger partial charge in [-0.15, -0.1) is 0 Å². The predicted molar refractivity (Wildman–Crippen MR) is 309 cm³/mol. The highest BCUT2D eigenvalue weighted by molar-refractivity contribution is 5.99. The van der Waals surface area contributed by atoms with Crippen LogP contribution in [0.25, 0.3) is 11.1 Å². The number of aliphatic carboxylic acids is 1. The summed E-state index contributed by atoms with van der Waals surface area (Å²) in [7, 11) is 0. The fourth-order valence-corrected chi connectivity index (χ4v) is 8.85. The average molecular weight is 1130 g/mol. The van der Waals surface area contributed by atoms with E-state index in [0.717, 1.165) is 22.3 Å². The van der Waals surface area contributed by atoms with Gasteiger partial charge in [0.15, 0.2) is 5.78 Å². The van der Waals surface area contributed by atoms with Crippen LogP contribution in [0.2, 0.25) is 0 Å². The van der Waals surface area contributed by atoms with E-state index in [1.165, 1.54) is 19.3 Å². The maximum atomic E-state index is 14.7. The molecule has 0 spiro atoms. The van der Waals surface area contributed by atoms with Crippen molar-refractivity contribution in [2.45, 2.75) is 148 Å². The number of hydrogen-bond acceptors (Lipinski definition) is 13. The number of nitrogens with zero attached hydrogens (tertiary/aromatic N) is 1. The smallest absolute Gasteiger partial charge is 0.305 e. The van der Waals surface area contributed by atoms with Crippen molar-refractivity contribution < 1.29 is 53.1 Å². The zero-order valence-corrected chi connectivity index (χ0v) is 47.8. The highest BCUT2D eigenvalue weighted by atomic mass is 16.4. The van der Waals surface area contributed by atoms with E-state index in [1.807, 2.05) is 67.6 Å². The van der Waals surface area contributed by atoms with Crippen molar-refractivity contribution in [2.24, 2.45) is 23.3 Å². The number of nitrogens with one attached hydrogen (secondary N) is 8. The number of hydrogen-bond donors (Lipinski definition) is 11. The zero-order chi connectivity index (χ0) is 60.5. The molecule has 4 rings (SSSR count). The van der Waals surface area contributed by atoms with Crippen LogP contribution in [0, 0.1) is 18.8 Å². The summed E-state index contributed by atoms with van der Waals surface area (Å²) >= 11 is 0. The molecule has 3 aromatic carbocycles. The number of carboxylic acid groups (broad SMARTS) is 1. The Morgan fingerprint density at radius 1 is 0.512 bits per heavy atom. The van der Waals surface area contributed by atoms with Crippen LogP contribution in [0.5, 0.6) is 0 Å². The SMILES string of the molecule is CCC(=O)N[C@@H](CN)C(=O)N[C@@H](CCc1ccncc1)C(=O)N[C@@H](CC(=O)O)C(=O)N[C@@H](Cc1cccc(C)c1)C(=O)N[C@H](C(=O)N[C@@H](Cc1ccc(-c2ccccc2)cc1)C(=O)N[C@H](C(=O)N[C@@H](CCCN)C(C)=O)C(C)C)C(C)C. The van der Waals surface area contributed by atoms with Gasteiger partial charge in [-0.25, -0.2) is 0 Å². The summed E-state index contributed by atoms with van der Waals surface area (Å²) in [5.74, 6) is -9.24. The largest absolute Gasteiger partial charge is 0.481 e. The van der Waals surface area contributed by atoms with Crippen molar-refractivity contribution >= 4 is 59.0 Å². The van der Waals surface area contributed by atoms with Gasteiger partial charge in [0.2, 0.25) is 47.3 Å². The van der Waals surface area contributed by atoms with E-state index in [0.29, 0.717) is 30.5 Å². The summed E-state index contributed by atoms with van der Waals surface area (Å²) in [6.45, 7) is 11.5. The van der Waals surface area contributed by atoms with Gasteiger partial charge >= 0.3 is 5.97 Å². The number of ketones is 1. The Morgan fingerprint density at radius 2 is 1.01 bits per heavy atom. The lowest BCUT2D eigenvalue weighted by Crippen LogP contribution is -2.62. The number of benzene rings is 3. The number of carbonyl (C=O) groups is 10. The number of pyridine rings is 1. The number of nitrogens with two attached hydrogens (primary N) is 2. The first kappa shape index (κ1) is 66.1. The van der Waals surface area contributed by atoms with Crippen LogP contribution in [-0.2, 0) is 67.2 Å². The lowest BCUT2D eigenvalue weighted by atomic mass is 9.97. The minimum atomic E-state index is -1.82. The number of aromatic nitrogens is 1. The minimum Gasteiger partial charge on any atom is -0.481 e. The number of Topliss-reactive ketones (excluding diaryl/α,β-unsaturated/α-hetero) is 1. The molecule has 8 amide bonds. The topological polar surface area (TPSA) is 352 Å². The second kappa shape index (κ2) is 33.4. The summed E-state index contributed by atoms with van der Waals surface area (Å²) in [5, 5.41) is 31.3. The van der Waals surface area contributed by atoms with Crippen LogP contribution in [-0.4, -0.2) is 131 Å². The second-order valence-electron chi connectivity index (χ2n) is 21.0. The molecule has 0 aliphatic rings. The van der Waals surface area contributed by atoms with Gasteiger partial charge in [0.25, 0.3) is 0 Å². The summed E-state index contributed by atoms with van der Waals surface area (Å²) in [6, 6.07) is 16.8. The van der Waals surface area contributed by atoms with Gasteiger partial charge in [0, 0.05) is 38.2 Å². The molecule has 1 heterocycles. The van der Waals surface area contributed by atoms with E-state index >= 15 is 0 Å². The second-order valence-corrected chi connectivity index (χ2v) is 21.0. The van der Waals surface area contributed by atoms with Crippen molar-refractivity contribution in [3.63, 3.8) is 0 Å². The van der Waals surface area contributed by atoms with E-state index in [2.05, 4.69) is 47.5 Å². The number of rotatable bonds is 33. The molecule has 0 aliphatic carbocycles. The van der Waals surface area contributed by atoms with Gasteiger partial charge in [-0.1, -0.05) is 119 Å². The highest BCUT2D eigenvalue weighted by Gasteiger charge is 2.37. The van der Waals surface area contributed by atoms with E-state index in [1.54, 1.807) is 65.0 Å². The van der Waals surface area contributed by atoms with Crippen molar-refractivity contribution in [3.8, 4) is 11.1 Å². The third-order valence-electron chi connectivity index (χ3n) is 13.6. The number of carboxylic acids is 1. The first-order chi connectivity index (χ1) is 39.0. The van der Waals surface area contributed by atoms with Gasteiger partial charge in [0.05, 0.1) is 12.5 Å². The molecule has 1 aromatic heterocycles. The van der Waals surface area contributed by atoms with E-state index in [9.17, 15) is 53.1 Å². The first-order valence-electron chi connectivity index (χ1n) is 27.7. The zero-order valence-electron chi connectivity index (χ0n) is 47.8. The Hall–Kier alpha value is -8.37. The molecule has 0 saturated heterocycles. The third-order valence-corrected chi connectivity index (χ3v) is 13.6. The predicted octanol–water partition coefficient (Wildman–Crippen LogP) is 1.84. The molecule has 442 valence electrons. The fraction of sp³-hybridized carbons (Fsp3) is 0.450. The Kier molecular flexibility index (Phi) is 26.9. The molecule has 0 bridgehead atoms. The van der Waals surface area contributed by atoms with Crippen molar-refractivity contribution in [1.29, 1.82) is 0 Å². The standard InChI is InChI=1S/C60H81N11O11/c1-8-50(73)64-49(34-62)58(80)66-45(24-21-39-25-28-63-29-26-39)54(76)68-48(33-51(74)75)55(77)67-47(32-41-15-12-14-37(6)30-41)57(79)71-53(36(4)5)60(82)69-46(31-40-19-22-43(23-20-40)42-16-10-9-11-17-42)56(78)70-52(35(2)3)59(81)65-44(38(7)72)18-13-27-61/h9-12,14-17,19-20,22-23,25-26,28-30,35-36,44-49,52-53H,8,13,18,21,24,27,31-34,61-62H2,1-7H3,(H,64,73)(H,65,81)(H,66,80)(H,67,77)(H,68,76)(H,69,82)(H,70,78)(H,71,79)(H,74,75)/t44-,45-,46-,47-,48-,49-,52-,53-/m0/s1. The molecular formula is C60H81N11O11. The molecule has 0 saturated carbocycles. The Morgan fingerprint density at radius 3 is 1.54 bits per heavy atom. The lowest BCUT2D eigenvalue weighted by molar-refractivity contribution is -0.141. The van der Waals surface area contributed by atoms with E-state index in [4.69, 9.17) is 11.5 Å². The molecule has 0 radical (unpaired) electrons. The molecule has 0 fully saturated rings. The van der Waals surface area contributed by atoms with Gasteiger partial charge in [-0.05, 0) is 97.9 Å². The van der Waals surface area contributed by atoms with Gasteiger partial charge < -0.3 is 59.1 Å². The third kappa shape index (κ3) is 21.6. The normalized spacial score (nSPS) is 14.0. The number of amides is 8. The Labute approximate surface area is 479 Å². The van der Waals surface area contributed by atoms with Crippen molar-refractivity contribution in [3.05, 3.63) is 126 Å². The van der Waals surface area contributed by atoms with Crippen LogP contribution < -0.4 is 54.0 Å². The van der Waals surface area contributed by atoms with Gasteiger partial charge in [0.1, 0.15) is 42.3 Å². The highest BCUT2D eigenvalue weighted by Crippen LogP contribution is 2.21. The quantitative estimate of drug-likeness (QED) is 0.0325. The molecule has 22 nitrogen and oxygen atoms in total. The molecule has 8 atom stereocenters. The molecular weight excluding hydrogens is 1050 g/mol. The summed E-state index contributed by atoms with van der Waals surface area (Å²) in [4.78, 5) is 141. The minimum absolute atomic E-state index is 0.0463. The Bertz CT molecular complexity index is 2800. The molecule has 0 aliphatic heterocycles. The monoisotopic (exact) mass is 1130 g/mol. The molecule has 22 heteroatoms. The van der Waals surface area contributed by atoms with Crippen LogP contribution in [0.1, 0.15) is 95.9 Å². The molecule has 13 N–H and O–H groups in total. The van der Waals surface area contributed by atoms with Crippen LogP contribution >= 0.6 is 0 Å².